The summed E-state index contributed by atoms with van der Waals surface area (Å²) in [7, 11) is 4.09. The molecule has 0 radical (unpaired) electrons. The zero-order chi connectivity index (χ0) is 19.5. The number of aliphatic imine (C=N–C) groups is 1. The lowest BCUT2D eigenvalue weighted by Gasteiger charge is -2.19. The molecular weight excluding hydrogens is 358 g/mol. The maximum atomic E-state index is 4.66. The molecule has 0 aliphatic rings. The Morgan fingerprint density at radius 2 is 1.93 bits per heavy atom. The van der Waals surface area contributed by atoms with Crippen molar-refractivity contribution >= 4 is 23.4 Å². The number of aromatic nitrogens is 3. The van der Waals surface area contributed by atoms with E-state index < -0.39 is 0 Å². The number of thioether (sulfide) groups is 1. The van der Waals surface area contributed by atoms with Gasteiger partial charge in [-0.2, -0.15) is 11.8 Å². The predicted octanol–water partition coefficient (Wildman–Crippen LogP) is 2.05. The first-order chi connectivity index (χ1) is 13.1. The Balaban J connectivity index is 1.82. The fourth-order valence-electron chi connectivity index (χ4n) is 2.52. The topological polar surface area (TPSA) is 70.4 Å². The Bertz CT molecular complexity index is 699. The number of guanidine groups is 1. The second-order valence-electron chi connectivity index (χ2n) is 6.34. The first-order valence-corrected chi connectivity index (χ1v) is 10.6. The van der Waals surface area contributed by atoms with Gasteiger partial charge >= 0.3 is 0 Å². The van der Waals surface area contributed by atoms with Gasteiger partial charge in [0.05, 0.1) is 0 Å². The van der Waals surface area contributed by atoms with Crippen LogP contribution >= 0.6 is 11.8 Å². The van der Waals surface area contributed by atoms with Crippen molar-refractivity contribution in [3.8, 4) is 0 Å². The zero-order valence-corrected chi connectivity index (χ0v) is 17.6. The van der Waals surface area contributed by atoms with E-state index in [1.807, 2.05) is 36.4 Å². The molecule has 0 amide bonds. The third-order valence-electron chi connectivity index (χ3n) is 4.32. The smallest absolute Gasteiger partial charge is 0.191 e. The molecule has 2 N–H and O–H groups in total. The van der Waals surface area contributed by atoms with Gasteiger partial charge in [-0.3, -0.25) is 0 Å². The third-order valence-corrected chi connectivity index (χ3v) is 4.93. The van der Waals surface area contributed by atoms with Crippen LogP contribution < -0.4 is 15.5 Å². The number of rotatable bonds is 10. The average Bonchev–Trinajstić information content (AvgIpc) is 3.01. The lowest BCUT2D eigenvalue weighted by molar-refractivity contribution is 0.722. The van der Waals surface area contributed by atoms with Crippen molar-refractivity contribution in [3.05, 3.63) is 42.0 Å². The monoisotopic (exact) mass is 389 g/mol. The van der Waals surface area contributed by atoms with Crippen LogP contribution in [-0.2, 0) is 13.6 Å². The molecule has 0 saturated carbocycles. The predicted molar refractivity (Wildman–Crippen MR) is 116 cm³/mol. The van der Waals surface area contributed by atoms with Crippen molar-refractivity contribution < 1.29 is 0 Å². The lowest BCUT2D eigenvalue weighted by atomic mass is 10.3. The van der Waals surface area contributed by atoms with Crippen LogP contribution in [0.15, 0.2) is 35.3 Å². The lowest BCUT2D eigenvalue weighted by Crippen LogP contribution is -2.39. The van der Waals surface area contributed by atoms with Crippen LogP contribution in [0.2, 0.25) is 0 Å². The standard InChI is InChI=1S/C19H31N7S/c1-16-23-24-18(26(16)3)15-22-19(21-12-14-27-4)20-11-8-13-25(2)17-9-6-5-7-10-17/h5-7,9-10H,8,11-15H2,1-4H3,(H2,20,21,22). The van der Waals surface area contributed by atoms with Gasteiger partial charge in [0.15, 0.2) is 11.8 Å². The van der Waals surface area contributed by atoms with Crippen LogP contribution in [-0.4, -0.2) is 59.4 Å². The molecule has 0 bridgehead atoms. The summed E-state index contributed by atoms with van der Waals surface area (Å²) in [5, 5.41) is 15.1. The molecule has 2 aromatic rings. The van der Waals surface area contributed by atoms with Crippen molar-refractivity contribution in [2.75, 3.05) is 43.6 Å². The number of hydrogen-bond donors (Lipinski definition) is 2. The Morgan fingerprint density at radius 3 is 2.59 bits per heavy atom. The summed E-state index contributed by atoms with van der Waals surface area (Å²) in [5.74, 6) is 3.63. The number of benzene rings is 1. The number of anilines is 1. The van der Waals surface area contributed by atoms with E-state index in [2.05, 4.69) is 68.3 Å². The van der Waals surface area contributed by atoms with Crippen LogP contribution in [0.1, 0.15) is 18.1 Å². The number of hydrogen-bond acceptors (Lipinski definition) is 5. The van der Waals surface area contributed by atoms with Gasteiger partial charge in [-0.15, -0.1) is 10.2 Å². The van der Waals surface area contributed by atoms with Crippen molar-refractivity contribution in [1.29, 1.82) is 0 Å². The molecule has 7 nitrogen and oxygen atoms in total. The first kappa shape index (κ1) is 21.1. The SMILES string of the molecule is CSCCNC(=NCc1nnc(C)n1C)NCCCN(C)c1ccccc1. The molecule has 0 unspecified atom stereocenters. The van der Waals surface area contributed by atoms with E-state index in [-0.39, 0.29) is 0 Å². The molecular formula is C19H31N7S. The van der Waals surface area contributed by atoms with Crippen LogP contribution in [0, 0.1) is 6.92 Å². The van der Waals surface area contributed by atoms with Crippen molar-refractivity contribution in [3.63, 3.8) is 0 Å². The molecule has 8 heteroatoms. The number of nitrogens with one attached hydrogen (secondary N) is 2. The Kier molecular flexibility index (Phi) is 8.97. The second kappa shape index (κ2) is 11.5. The van der Waals surface area contributed by atoms with Gasteiger partial charge < -0.3 is 20.1 Å². The summed E-state index contributed by atoms with van der Waals surface area (Å²) in [6.45, 7) is 5.18. The van der Waals surface area contributed by atoms with E-state index in [9.17, 15) is 0 Å². The number of nitrogens with zero attached hydrogens (tertiary/aromatic N) is 5. The summed E-state index contributed by atoms with van der Waals surface area (Å²) < 4.78 is 1.97. The maximum Gasteiger partial charge on any atom is 0.191 e. The maximum absolute atomic E-state index is 4.66. The molecule has 148 valence electrons. The molecule has 1 aromatic carbocycles. The van der Waals surface area contributed by atoms with E-state index in [0.717, 1.165) is 49.4 Å². The zero-order valence-electron chi connectivity index (χ0n) is 16.8. The highest BCUT2D eigenvalue weighted by Crippen LogP contribution is 2.10. The minimum Gasteiger partial charge on any atom is -0.375 e. The third kappa shape index (κ3) is 7.13. The van der Waals surface area contributed by atoms with E-state index in [1.54, 1.807) is 0 Å². The van der Waals surface area contributed by atoms with Crippen LogP contribution in [0.4, 0.5) is 5.69 Å². The number of para-hydroxylation sites is 1. The molecule has 0 spiro atoms. The number of aryl methyl sites for hydroxylation is 1. The summed E-state index contributed by atoms with van der Waals surface area (Å²) in [6, 6.07) is 10.4. The average molecular weight is 390 g/mol. The molecule has 1 aromatic heterocycles. The van der Waals surface area contributed by atoms with Crippen LogP contribution in [0.25, 0.3) is 0 Å². The normalized spacial score (nSPS) is 11.5. The molecule has 27 heavy (non-hydrogen) atoms. The molecule has 0 atom stereocenters. The fourth-order valence-corrected chi connectivity index (χ4v) is 2.83. The van der Waals surface area contributed by atoms with Crippen molar-refractivity contribution in [1.82, 2.24) is 25.4 Å². The molecule has 0 aliphatic heterocycles. The van der Waals surface area contributed by atoms with E-state index in [4.69, 9.17) is 0 Å². The van der Waals surface area contributed by atoms with Gasteiger partial charge in [0, 0.05) is 45.2 Å². The van der Waals surface area contributed by atoms with Crippen LogP contribution in [0.3, 0.4) is 0 Å². The Morgan fingerprint density at radius 1 is 1.19 bits per heavy atom. The second-order valence-corrected chi connectivity index (χ2v) is 7.33. The minimum atomic E-state index is 0.510. The Hall–Kier alpha value is -2.22. The van der Waals surface area contributed by atoms with E-state index in [1.165, 1.54) is 5.69 Å². The Labute approximate surface area is 166 Å². The van der Waals surface area contributed by atoms with Gasteiger partial charge in [-0.1, -0.05) is 18.2 Å². The van der Waals surface area contributed by atoms with E-state index in [0.29, 0.717) is 6.54 Å². The molecule has 0 saturated heterocycles. The molecule has 0 aliphatic carbocycles. The summed E-state index contributed by atoms with van der Waals surface area (Å²) in [6.07, 6.45) is 3.13. The first-order valence-electron chi connectivity index (χ1n) is 9.24. The summed E-state index contributed by atoms with van der Waals surface area (Å²) in [5.41, 5.74) is 1.24. The molecule has 1 heterocycles. The van der Waals surface area contributed by atoms with Crippen LogP contribution in [0.5, 0.6) is 0 Å². The summed E-state index contributed by atoms with van der Waals surface area (Å²) in [4.78, 5) is 6.93. The van der Waals surface area contributed by atoms with Crippen molar-refractivity contribution in [2.24, 2.45) is 12.0 Å². The highest BCUT2D eigenvalue weighted by molar-refractivity contribution is 7.98. The highest BCUT2D eigenvalue weighted by atomic mass is 32.2. The van der Waals surface area contributed by atoms with Crippen molar-refractivity contribution in [2.45, 2.75) is 19.9 Å². The quantitative estimate of drug-likeness (QED) is 0.368. The fraction of sp³-hybridized carbons (Fsp3) is 0.526. The van der Waals surface area contributed by atoms with Gasteiger partial charge in [-0.05, 0) is 31.7 Å². The van der Waals surface area contributed by atoms with E-state index >= 15 is 0 Å². The highest BCUT2D eigenvalue weighted by Gasteiger charge is 2.05. The van der Waals surface area contributed by atoms with Gasteiger partial charge in [-0.25, -0.2) is 4.99 Å². The molecule has 0 fully saturated rings. The van der Waals surface area contributed by atoms with Gasteiger partial charge in [0.25, 0.3) is 0 Å². The summed E-state index contributed by atoms with van der Waals surface area (Å²) >= 11 is 1.82. The van der Waals surface area contributed by atoms with Gasteiger partial charge in [0.2, 0.25) is 0 Å². The van der Waals surface area contributed by atoms with Gasteiger partial charge in [0.1, 0.15) is 12.4 Å². The minimum absolute atomic E-state index is 0.510. The molecule has 2 rings (SSSR count). The largest absolute Gasteiger partial charge is 0.375 e.